The molecular formula is C18H20N4S. The molecule has 4 nitrogen and oxygen atoms in total. The van der Waals surface area contributed by atoms with E-state index in [1.807, 2.05) is 24.5 Å². The summed E-state index contributed by atoms with van der Waals surface area (Å²) in [6, 6.07) is 10.3. The second-order valence-corrected chi connectivity index (χ2v) is 6.56. The fourth-order valence-electron chi connectivity index (χ4n) is 2.69. The van der Waals surface area contributed by atoms with Crippen molar-refractivity contribution < 1.29 is 0 Å². The van der Waals surface area contributed by atoms with Crippen LogP contribution in [0.2, 0.25) is 0 Å². The third-order valence-corrected chi connectivity index (χ3v) is 5.06. The Morgan fingerprint density at radius 1 is 0.913 bits per heavy atom. The van der Waals surface area contributed by atoms with Gasteiger partial charge in [-0.3, -0.25) is 0 Å². The number of aromatic nitrogens is 3. The van der Waals surface area contributed by atoms with Gasteiger partial charge in [0.1, 0.15) is 11.4 Å². The smallest absolute Gasteiger partial charge is 0.120 e. The van der Waals surface area contributed by atoms with Crippen LogP contribution in [0.4, 0.5) is 5.69 Å². The van der Waals surface area contributed by atoms with E-state index in [1.165, 1.54) is 16.7 Å². The highest BCUT2D eigenvalue weighted by Gasteiger charge is 2.15. The highest BCUT2D eigenvalue weighted by Crippen LogP contribution is 2.33. The highest BCUT2D eigenvalue weighted by atomic mass is 32.2. The van der Waals surface area contributed by atoms with Gasteiger partial charge in [-0.05, 0) is 68.0 Å². The predicted molar refractivity (Wildman–Crippen MR) is 97.7 cm³/mol. The molecule has 0 saturated carbocycles. The van der Waals surface area contributed by atoms with Crippen molar-refractivity contribution in [1.29, 1.82) is 0 Å². The van der Waals surface area contributed by atoms with Gasteiger partial charge in [-0.1, -0.05) is 6.07 Å². The first kappa shape index (κ1) is 15.6. The zero-order valence-electron chi connectivity index (χ0n) is 13.8. The maximum absolute atomic E-state index is 6.12. The molecule has 0 bridgehead atoms. The summed E-state index contributed by atoms with van der Waals surface area (Å²) in [6.45, 7) is 6.38. The summed E-state index contributed by atoms with van der Waals surface area (Å²) in [5.74, 6) is 0. The van der Waals surface area contributed by atoms with Crippen LogP contribution < -0.4 is 5.73 Å². The number of benzene rings is 2. The number of hydrogen-bond donors (Lipinski definition) is 2. The number of thioether (sulfide) groups is 1. The van der Waals surface area contributed by atoms with Gasteiger partial charge in [0.15, 0.2) is 0 Å². The van der Waals surface area contributed by atoms with Gasteiger partial charge >= 0.3 is 0 Å². The molecular weight excluding hydrogens is 304 g/mol. The minimum absolute atomic E-state index is 0.764. The van der Waals surface area contributed by atoms with Gasteiger partial charge < -0.3 is 5.73 Å². The van der Waals surface area contributed by atoms with E-state index in [0.717, 1.165) is 33.1 Å². The SMILES string of the molecule is CSc1ccc(-c2n[nH]nc2-c2cc(C)c(C)c(C)c2)cc1N. The molecule has 1 aromatic heterocycles. The summed E-state index contributed by atoms with van der Waals surface area (Å²) in [5.41, 5.74) is 14.4. The summed E-state index contributed by atoms with van der Waals surface area (Å²) < 4.78 is 0. The van der Waals surface area contributed by atoms with E-state index in [4.69, 9.17) is 5.73 Å². The van der Waals surface area contributed by atoms with E-state index in [0.29, 0.717) is 0 Å². The average molecular weight is 324 g/mol. The molecule has 23 heavy (non-hydrogen) atoms. The lowest BCUT2D eigenvalue weighted by Crippen LogP contribution is -1.92. The van der Waals surface area contributed by atoms with E-state index in [1.54, 1.807) is 11.8 Å². The van der Waals surface area contributed by atoms with Gasteiger partial charge in [0.05, 0.1) is 0 Å². The largest absolute Gasteiger partial charge is 0.398 e. The number of nitrogen functional groups attached to an aromatic ring is 1. The fraction of sp³-hybridized carbons (Fsp3) is 0.222. The summed E-state index contributed by atoms with van der Waals surface area (Å²) in [6.07, 6.45) is 2.02. The van der Waals surface area contributed by atoms with Gasteiger partial charge in [0, 0.05) is 21.7 Å². The summed E-state index contributed by atoms with van der Waals surface area (Å²) >= 11 is 1.64. The second-order valence-electron chi connectivity index (χ2n) is 5.71. The van der Waals surface area contributed by atoms with Crippen molar-refractivity contribution in [2.24, 2.45) is 0 Å². The number of nitrogens with zero attached hydrogens (tertiary/aromatic N) is 2. The van der Waals surface area contributed by atoms with Gasteiger partial charge in [-0.15, -0.1) is 11.8 Å². The van der Waals surface area contributed by atoms with Crippen molar-refractivity contribution in [3.05, 3.63) is 47.0 Å². The van der Waals surface area contributed by atoms with Crippen LogP contribution in [0, 0.1) is 20.8 Å². The van der Waals surface area contributed by atoms with Gasteiger partial charge in [0.25, 0.3) is 0 Å². The summed E-state index contributed by atoms with van der Waals surface area (Å²) in [7, 11) is 0. The minimum Gasteiger partial charge on any atom is -0.398 e. The molecule has 3 aromatic rings. The molecule has 0 radical (unpaired) electrons. The topological polar surface area (TPSA) is 67.6 Å². The molecule has 0 saturated heterocycles. The lowest BCUT2D eigenvalue weighted by atomic mass is 9.97. The molecule has 3 rings (SSSR count). The van der Waals surface area contributed by atoms with Crippen LogP contribution in [0.3, 0.4) is 0 Å². The number of nitrogens with one attached hydrogen (secondary N) is 1. The van der Waals surface area contributed by atoms with Crippen LogP contribution in [-0.2, 0) is 0 Å². The lowest BCUT2D eigenvalue weighted by molar-refractivity contribution is 0.944. The monoisotopic (exact) mass is 324 g/mol. The van der Waals surface area contributed by atoms with Gasteiger partial charge in [-0.25, -0.2) is 0 Å². The van der Waals surface area contributed by atoms with E-state index >= 15 is 0 Å². The Kier molecular flexibility index (Phi) is 4.13. The molecule has 0 unspecified atom stereocenters. The number of H-pyrrole nitrogens is 1. The minimum atomic E-state index is 0.764. The third kappa shape index (κ3) is 2.84. The lowest BCUT2D eigenvalue weighted by Gasteiger charge is -2.09. The number of hydrogen-bond acceptors (Lipinski definition) is 4. The van der Waals surface area contributed by atoms with Crippen molar-refractivity contribution in [2.45, 2.75) is 25.7 Å². The number of rotatable bonds is 3. The van der Waals surface area contributed by atoms with Crippen LogP contribution in [-0.4, -0.2) is 21.7 Å². The molecule has 0 atom stereocenters. The molecule has 5 heteroatoms. The molecule has 0 aliphatic heterocycles. The first-order valence-electron chi connectivity index (χ1n) is 7.44. The van der Waals surface area contributed by atoms with Gasteiger partial charge in [0.2, 0.25) is 0 Å². The van der Waals surface area contributed by atoms with Crippen LogP contribution >= 0.6 is 11.8 Å². The van der Waals surface area contributed by atoms with Crippen molar-refractivity contribution in [3.63, 3.8) is 0 Å². The molecule has 2 aromatic carbocycles. The first-order chi connectivity index (χ1) is 11.0. The average Bonchev–Trinajstić information content (AvgIpc) is 3.01. The Balaban J connectivity index is 2.12. The number of aryl methyl sites for hydroxylation is 2. The van der Waals surface area contributed by atoms with E-state index in [-0.39, 0.29) is 0 Å². The Bertz CT molecular complexity index is 844. The van der Waals surface area contributed by atoms with Crippen molar-refractivity contribution >= 4 is 17.4 Å². The molecule has 0 amide bonds. The fourth-order valence-corrected chi connectivity index (χ4v) is 3.19. The number of anilines is 1. The standard InChI is InChI=1S/C18H20N4S/c1-10-7-14(8-11(2)12(10)3)18-17(20-22-21-18)13-5-6-16(23-4)15(19)9-13/h5-9H,19H2,1-4H3,(H,20,21,22). The Hall–Kier alpha value is -2.27. The molecule has 118 valence electrons. The zero-order chi connectivity index (χ0) is 16.6. The van der Waals surface area contributed by atoms with Crippen LogP contribution in [0.5, 0.6) is 0 Å². The molecule has 3 N–H and O–H groups in total. The zero-order valence-corrected chi connectivity index (χ0v) is 14.6. The summed E-state index contributed by atoms with van der Waals surface area (Å²) in [4.78, 5) is 1.07. The number of aromatic amines is 1. The van der Waals surface area contributed by atoms with Crippen LogP contribution in [0.15, 0.2) is 35.2 Å². The molecule has 1 heterocycles. The maximum atomic E-state index is 6.12. The quantitative estimate of drug-likeness (QED) is 0.554. The molecule has 0 fully saturated rings. The third-order valence-electron chi connectivity index (χ3n) is 4.25. The van der Waals surface area contributed by atoms with E-state index in [2.05, 4.69) is 48.3 Å². The molecule has 0 aliphatic rings. The maximum Gasteiger partial charge on any atom is 0.120 e. The second kappa shape index (κ2) is 6.08. The Morgan fingerprint density at radius 3 is 2.09 bits per heavy atom. The van der Waals surface area contributed by atoms with Gasteiger partial charge in [-0.2, -0.15) is 15.4 Å². The van der Waals surface area contributed by atoms with Crippen molar-refractivity contribution in [3.8, 4) is 22.5 Å². The Labute approximate surface area is 140 Å². The Morgan fingerprint density at radius 2 is 1.52 bits per heavy atom. The molecule has 0 aliphatic carbocycles. The summed E-state index contributed by atoms with van der Waals surface area (Å²) in [5, 5.41) is 11.5. The van der Waals surface area contributed by atoms with Crippen molar-refractivity contribution in [1.82, 2.24) is 15.4 Å². The number of nitrogens with two attached hydrogens (primary N) is 1. The van der Waals surface area contributed by atoms with Crippen molar-refractivity contribution in [2.75, 3.05) is 12.0 Å². The highest BCUT2D eigenvalue weighted by molar-refractivity contribution is 7.98. The normalized spacial score (nSPS) is 11.0. The van der Waals surface area contributed by atoms with E-state index in [9.17, 15) is 0 Å². The first-order valence-corrected chi connectivity index (χ1v) is 8.66. The molecule has 0 spiro atoms. The van der Waals surface area contributed by atoms with Crippen LogP contribution in [0.25, 0.3) is 22.5 Å². The van der Waals surface area contributed by atoms with Crippen LogP contribution in [0.1, 0.15) is 16.7 Å². The predicted octanol–water partition coefficient (Wildman–Crippen LogP) is 4.37. The van der Waals surface area contributed by atoms with E-state index < -0.39 is 0 Å².